The summed E-state index contributed by atoms with van der Waals surface area (Å²) in [5.74, 6) is 2.06. The molecule has 4 heteroatoms. The number of nitrogens with one attached hydrogen (secondary N) is 1. The Balaban J connectivity index is 3.15. The second-order valence-electron chi connectivity index (χ2n) is 6.85. The van der Waals surface area contributed by atoms with Crippen LogP contribution in [0, 0.1) is 5.41 Å². The number of anilines is 2. The molecule has 0 fully saturated rings. The molecule has 0 bridgehead atoms. The van der Waals surface area contributed by atoms with Gasteiger partial charge in [-0.1, -0.05) is 41.0 Å². The van der Waals surface area contributed by atoms with Crippen LogP contribution in [0.2, 0.25) is 0 Å². The van der Waals surface area contributed by atoms with Crippen molar-refractivity contribution in [1.82, 2.24) is 9.97 Å². The molecule has 21 heavy (non-hydrogen) atoms. The maximum atomic E-state index is 4.58. The minimum atomic E-state index is 0.209. The van der Waals surface area contributed by atoms with E-state index in [0.29, 0.717) is 6.04 Å². The molecule has 0 saturated heterocycles. The lowest BCUT2D eigenvalue weighted by atomic mass is 9.87. The van der Waals surface area contributed by atoms with E-state index in [1.807, 2.05) is 0 Å². The summed E-state index contributed by atoms with van der Waals surface area (Å²) in [6.07, 6.45) is 4.87. The minimum Gasteiger partial charge on any atom is -0.370 e. The van der Waals surface area contributed by atoms with Crippen molar-refractivity contribution in [3.8, 4) is 0 Å². The number of aromatic nitrogens is 2. The lowest BCUT2D eigenvalue weighted by Crippen LogP contribution is -2.40. The van der Waals surface area contributed by atoms with E-state index < -0.39 is 0 Å². The van der Waals surface area contributed by atoms with Crippen molar-refractivity contribution < 1.29 is 0 Å². The Labute approximate surface area is 130 Å². The third-order valence-corrected chi connectivity index (χ3v) is 4.13. The maximum Gasteiger partial charge on any atom is 0.137 e. The van der Waals surface area contributed by atoms with Crippen molar-refractivity contribution >= 4 is 11.6 Å². The summed E-state index contributed by atoms with van der Waals surface area (Å²) in [4.78, 5) is 11.3. The first-order chi connectivity index (χ1) is 9.82. The molecule has 0 aromatic carbocycles. The topological polar surface area (TPSA) is 41.1 Å². The molecule has 0 aliphatic rings. The summed E-state index contributed by atoms with van der Waals surface area (Å²) < 4.78 is 0. The zero-order valence-corrected chi connectivity index (χ0v) is 14.8. The molecule has 1 N–H and O–H groups in total. The second-order valence-corrected chi connectivity index (χ2v) is 6.85. The lowest BCUT2D eigenvalue weighted by molar-refractivity contribution is 0.328. The normalized spacial score (nSPS) is 13.1. The van der Waals surface area contributed by atoms with E-state index in [1.54, 1.807) is 6.33 Å². The average molecular weight is 292 g/mol. The monoisotopic (exact) mass is 292 g/mol. The van der Waals surface area contributed by atoms with Gasteiger partial charge in [0.15, 0.2) is 0 Å². The molecular formula is C17H32N4. The molecule has 0 saturated carbocycles. The third-order valence-electron chi connectivity index (χ3n) is 4.13. The molecule has 1 atom stereocenters. The van der Waals surface area contributed by atoms with Gasteiger partial charge in [0, 0.05) is 25.2 Å². The molecule has 1 heterocycles. The van der Waals surface area contributed by atoms with Crippen LogP contribution < -0.4 is 10.2 Å². The summed E-state index contributed by atoms with van der Waals surface area (Å²) in [6, 6.07) is 0.405. The minimum absolute atomic E-state index is 0.209. The Bertz CT molecular complexity index is 437. The van der Waals surface area contributed by atoms with E-state index in [9.17, 15) is 0 Å². The van der Waals surface area contributed by atoms with Gasteiger partial charge in [-0.3, -0.25) is 0 Å². The smallest absolute Gasteiger partial charge is 0.137 e. The molecule has 4 nitrogen and oxygen atoms in total. The predicted octanol–water partition coefficient (Wildman–Crippen LogP) is 4.12. The Kier molecular flexibility index (Phi) is 6.43. The summed E-state index contributed by atoms with van der Waals surface area (Å²) in [5.41, 5.74) is 1.45. The summed E-state index contributed by atoms with van der Waals surface area (Å²) >= 11 is 0. The molecule has 0 spiro atoms. The highest BCUT2D eigenvalue weighted by Gasteiger charge is 2.26. The van der Waals surface area contributed by atoms with E-state index in [4.69, 9.17) is 0 Å². The largest absolute Gasteiger partial charge is 0.370 e. The van der Waals surface area contributed by atoms with Crippen LogP contribution in [-0.4, -0.2) is 29.6 Å². The fourth-order valence-electron chi connectivity index (χ4n) is 2.35. The van der Waals surface area contributed by atoms with Gasteiger partial charge in [0.1, 0.15) is 18.0 Å². The van der Waals surface area contributed by atoms with Crippen molar-refractivity contribution in [3.05, 3.63) is 11.9 Å². The molecule has 0 aliphatic carbocycles. The molecule has 1 aromatic heterocycles. The van der Waals surface area contributed by atoms with Gasteiger partial charge in [-0.25, -0.2) is 9.97 Å². The van der Waals surface area contributed by atoms with Crippen LogP contribution in [0.5, 0.6) is 0 Å². The van der Waals surface area contributed by atoms with Crippen LogP contribution in [0.4, 0.5) is 11.6 Å². The number of hydrogen-bond acceptors (Lipinski definition) is 4. The standard InChI is InChI=1S/C17H32N4/c1-8-10-14-15(18-11-9-2)19-12-20-16(14)21(7)13(3)17(4,5)6/h12-13H,8-11H2,1-7H3,(H,18,19,20). The second kappa shape index (κ2) is 7.62. The highest BCUT2D eigenvalue weighted by atomic mass is 15.2. The molecule has 0 amide bonds. The number of nitrogens with zero attached hydrogens (tertiary/aromatic N) is 3. The van der Waals surface area contributed by atoms with Gasteiger partial charge in [-0.15, -0.1) is 0 Å². The Morgan fingerprint density at radius 1 is 1.19 bits per heavy atom. The highest BCUT2D eigenvalue weighted by Crippen LogP contribution is 2.30. The zero-order chi connectivity index (χ0) is 16.0. The molecule has 120 valence electrons. The van der Waals surface area contributed by atoms with E-state index >= 15 is 0 Å². The van der Waals surface area contributed by atoms with Gasteiger partial charge in [-0.2, -0.15) is 0 Å². The average Bonchev–Trinajstić information content (AvgIpc) is 2.43. The van der Waals surface area contributed by atoms with Crippen LogP contribution >= 0.6 is 0 Å². The van der Waals surface area contributed by atoms with Gasteiger partial charge in [-0.05, 0) is 25.2 Å². The van der Waals surface area contributed by atoms with Crippen LogP contribution in [0.3, 0.4) is 0 Å². The fraction of sp³-hybridized carbons (Fsp3) is 0.765. The summed E-state index contributed by atoms with van der Waals surface area (Å²) in [7, 11) is 2.14. The van der Waals surface area contributed by atoms with Gasteiger partial charge in [0.25, 0.3) is 0 Å². The van der Waals surface area contributed by atoms with Gasteiger partial charge >= 0.3 is 0 Å². The molecule has 1 aromatic rings. The first-order valence-electron chi connectivity index (χ1n) is 8.13. The van der Waals surface area contributed by atoms with Gasteiger partial charge in [0.2, 0.25) is 0 Å². The SMILES string of the molecule is CCCNc1ncnc(N(C)C(C)C(C)(C)C)c1CCC. The predicted molar refractivity (Wildman–Crippen MR) is 92.1 cm³/mol. The maximum absolute atomic E-state index is 4.58. The first-order valence-corrected chi connectivity index (χ1v) is 8.13. The van der Waals surface area contributed by atoms with Crippen LogP contribution in [-0.2, 0) is 6.42 Å². The Morgan fingerprint density at radius 3 is 2.38 bits per heavy atom. The molecule has 0 aliphatic heterocycles. The number of rotatable bonds is 7. The number of hydrogen-bond donors (Lipinski definition) is 1. The van der Waals surface area contributed by atoms with Crippen molar-refractivity contribution in [2.24, 2.45) is 5.41 Å². The van der Waals surface area contributed by atoms with Crippen LogP contribution in [0.25, 0.3) is 0 Å². The van der Waals surface area contributed by atoms with Gasteiger partial charge in [0.05, 0.1) is 0 Å². The summed E-state index contributed by atoms with van der Waals surface area (Å²) in [5, 5.41) is 3.44. The Morgan fingerprint density at radius 2 is 1.86 bits per heavy atom. The third kappa shape index (κ3) is 4.58. The highest BCUT2D eigenvalue weighted by molar-refractivity contribution is 5.59. The quantitative estimate of drug-likeness (QED) is 0.820. The molecular weight excluding hydrogens is 260 g/mol. The van der Waals surface area contributed by atoms with E-state index in [1.165, 1.54) is 5.56 Å². The molecule has 1 rings (SSSR count). The van der Waals surface area contributed by atoms with Crippen molar-refractivity contribution in [1.29, 1.82) is 0 Å². The first kappa shape index (κ1) is 17.7. The van der Waals surface area contributed by atoms with Crippen LogP contribution in [0.15, 0.2) is 6.33 Å². The molecule has 1 unspecified atom stereocenters. The van der Waals surface area contributed by atoms with Gasteiger partial charge < -0.3 is 10.2 Å². The Hall–Kier alpha value is -1.32. The van der Waals surface area contributed by atoms with E-state index in [2.05, 4.69) is 68.8 Å². The lowest BCUT2D eigenvalue weighted by Gasteiger charge is -2.37. The zero-order valence-electron chi connectivity index (χ0n) is 14.8. The van der Waals surface area contributed by atoms with Crippen molar-refractivity contribution in [2.45, 2.75) is 66.8 Å². The van der Waals surface area contributed by atoms with E-state index in [-0.39, 0.29) is 5.41 Å². The fourth-order valence-corrected chi connectivity index (χ4v) is 2.35. The summed E-state index contributed by atoms with van der Waals surface area (Å²) in [6.45, 7) is 14.4. The van der Waals surface area contributed by atoms with E-state index in [0.717, 1.165) is 37.4 Å². The van der Waals surface area contributed by atoms with Crippen molar-refractivity contribution in [2.75, 3.05) is 23.8 Å². The van der Waals surface area contributed by atoms with Crippen LogP contribution in [0.1, 0.15) is 59.9 Å². The van der Waals surface area contributed by atoms with Crippen molar-refractivity contribution in [3.63, 3.8) is 0 Å². The molecule has 0 radical (unpaired) electrons.